The van der Waals surface area contributed by atoms with Crippen LogP contribution in [-0.2, 0) is 23.6 Å². The summed E-state index contributed by atoms with van der Waals surface area (Å²) in [6.45, 7) is 13.2. The molecule has 0 aromatic carbocycles. The second-order valence-electron chi connectivity index (χ2n) is 9.34. The van der Waals surface area contributed by atoms with Crippen molar-refractivity contribution in [2.24, 2.45) is 4.99 Å². The van der Waals surface area contributed by atoms with Gasteiger partial charge in [0.1, 0.15) is 17.9 Å². The number of hydrogen-bond acceptors (Lipinski definition) is 8. The number of ether oxygens (including phenoxy) is 1. The van der Waals surface area contributed by atoms with Gasteiger partial charge in [0.25, 0.3) is 5.91 Å². The van der Waals surface area contributed by atoms with E-state index in [1.54, 1.807) is 13.3 Å². The zero-order valence-corrected chi connectivity index (χ0v) is 23.3. The number of aliphatic imine (C=N–C) groups is 1. The molecular formula is C24H48N5O6P. The van der Waals surface area contributed by atoms with E-state index >= 15 is 0 Å². The maximum atomic E-state index is 12.5. The lowest BCUT2D eigenvalue weighted by molar-refractivity contribution is -0.134. The van der Waals surface area contributed by atoms with Crippen molar-refractivity contribution in [1.29, 1.82) is 0 Å². The van der Waals surface area contributed by atoms with Crippen LogP contribution < -0.4 is 21.3 Å². The first-order valence-electron chi connectivity index (χ1n) is 11.9. The molecule has 2 atom stereocenters. The highest BCUT2D eigenvalue weighted by Gasteiger charge is 2.24. The van der Waals surface area contributed by atoms with Crippen molar-refractivity contribution in [1.82, 2.24) is 21.3 Å². The van der Waals surface area contributed by atoms with Crippen molar-refractivity contribution in [2.75, 3.05) is 40.0 Å². The van der Waals surface area contributed by atoms with E-state index in [2.05, 4.69) is 26.3 Å². The SMILES string of the molecule is C.CCCC(NC(=O)CNCCCC(C)NC(=O)OC(C)(C)C)C(=NC)C(=O)NCC(=O)OP(C)C. The number of carbonyl (C=O) groups is 4. The predicted octanol–water partition coefficient (Wildman–Crippen LogP) is 2.58. The van der Waals surface area contributed by atoms with Crippen molar-refractivity contribution in [3.05, 3.63) is 0 Å². The molecule has 0 rings (SSSR count). The smallest absolute Gasteiger partial charge is 0.407 e. The van der Waals surface area contributed by atoms with Crippen LogP contribution in [0.5, 0.6) is 0 Å². The topological polar surface area (TPSA) is 147 Å². The van der Waals surface area contributed by atoms with Gasteiger partial charge in [0.2, 0.25) is 5.91 Å². The standard InChI is InChI=1S/C23H44N5O6P.CH4/c1-9-11-17(20(24-6)21(31)26-15-19(30)34-35(7)8)28-18(29)14-25-13-10-12-16(2)27-22(32)33-23(3,4)5;/h16-17,25H,9-15H2,1-8H3,(H,26,31)(H,27,32)(H,28,29);1H4. The molecule has 0 aliphatic carbocycles. The molecule has 4 N–H and O–H groups in total. The van der Waals surface area contributed by atoms with Crippen LogP contribution in [0, 0.1) is 0 Å². The van der Waals surface area contributed by atoms with Gasteiger partial charge in [-0.05, 0) is 66.8 Å². The van der Waals surface area contributed by atoms with Crippen molar-refractivity contribution < 1.29 is 28.4 Å². The molecule has 12 heteroatoms. The van der Waals surface area contributed by atoms with E-state index in [4.69, 9.17) is 9.26 Å². The summed E-state index contributed by atoms with van der Waals surface area (Å²) in [5.41, 5.74) is -0.386. The van der Waals surface area contributed by atoms with Gasteiger partial charge >= 0.3 is 12.1 Å². The maximum absolute atomic E-state index is 12.5. The normalized spacial score (nSPS) is 13.2. The van der Waals surface area contributed by atoms with Gasteiger partial charge < -0.3 is 30.5 Å². The molecule has 0 aromatic rings. The Bertz CT molecular complexity index is 724. The molecular weight excluding hydrogens is 485 g/mol. The molecule has 210 valence electrons. The van der Waals surface area contributed by atoms with E-state index in [0.29, 0.717) is 13.0 Å². The van der Waals surface area contributed by atoms with Gasteiger partial charge in [-0.1, -0.05) is 20.8 Å². The van der Waals surface area contributed by atoms with Gasteiger partial charge in [-0.3, -0.25) is 14.6 Å². The Hall–Kier alpha value is -2.26. The lowest BCUT2D eigenvalue weighted by atomic mass is 10.1. The van der Waals surface area contributed by atoms with E-state index in [-0.39, 0.29) is 38.2 Å². The lowest BCUT2D eigenvalue weighted by Gasteiger charge is -2.22. The second kappa shape index (κ2) is 18.9. The summed E-state index contributed by atoms with van der Waals surface area (Å²) in [5, 5.41) is 11.2. The molecule has 0 saturated carbocycles. The van der Waals surface area contributed by atoms with Crippen molar-refractivity contribution in [2.45, 2.75) is 85.4 Å². The average Bonchev–Trinajstić information content (AvgIpc) is 2.70. The minimum absolute atomic E-state index is 0. The Labute approximate surface area is 218 Å². The average molecular weight is 534 g/mol. The maximum Gasteiger partial charge on any atom is 0.407 e. The fraction of sp³-hybridized carbons (Fsp3) is 0.792. The molecule has 0 fully saturated rings. The molecule has 0 aromatic heterocycles. The van der Waals surface area contributed by atoms with Crippen LogP contribution in [0.3, 0.4) is 0 Å². The van der Waals surface area contributed by atoms with Crippen LogP contribution in [0.4, 0.5) is 4.79 Å². The van der Waals surface area contributed by atoms with Gasteiger partial charge in [-0.25, -0.2) is 9.59 Å². The van der Waals surface area contributed by atoms with Gasteiger partial charge in [0, 0.05) is 13.1 Å². The Kier molecular flexibility index (Phi) is 18.9. The third kappa shape index (κ3) is 18.1. The minimum Gasteiger partial charge on any atom is -0.444 e. The molecule has 0 saturated heterocycles. The molecule has 0 aliphatic heterocycles. The molecule has 0 spiro atoms. The fourth-order valence-corrected chi connectivity index (χ4v) is 3.49. The Morgan fingerprint density at radius 1 is 1.03 bits per heavy atom. The van der Waals surface area contributed by atoms with Crippen molar-refractivity contribution >= 4 is 37.7 Å². The van der Waals surface area contributed by atoms with Crippen LogP contribution in [0.1, 0.15) is 67.7 Å². The highest BCUT2D eigenvalue weighted by Crippen LogP contribution is 2.25. The molecule has 0 radical (unpaired) electrons. The molecule has 2 unspecified atom stereocenters. The number of carbonyl (C=O) groups excluding carboxylic acids is 4. The van der Waals surface area contributed by atoms with Gasteiger partial charge in [-0.15, -0.1) is 0 Å². The Morgan fingerprint density at radius 3 is 2.19 bits per heavy atom. The lowest BCUT2D eigenvalue weighted by Crippen LogP contribution is -2.50. The highest BCUT2D eigenvalue weighted by atomic mass is 31.1. The number of nitrogens with zero attached hydrogens (tertiary/aromatic N) is 1. The number of nitrogens with one attached hydrogen (secondary N) is 4. The molecule has 11 nitrogen and oxygen atoms in total. The van der Waals surface area contributed by atoms with Crippen LogP contribution >= 0.6 is 8.15 Å². The van der Waals surface area contributed by atoms with Crippen LogP contribution in [-0.4, -0.2) is 87.3 Å². The van der Waals surface area contributed by atoms with Crippen LogP contribution in [0.15, 0.2) is 4.99 Å². The molecule has 0 aliphatic rings. The zero-order chi connectivity index (χ0) is 27.0. The van der Waals surface area contributed by atoms with Crippen LogP contribution in [0.25, 0.3) is 0 Å². The predicted molar refractivity (Wildman–Crippen MR) is 146 cm³/mol. The third-order valence-electron chi connectivity index (χ3n) is 4.43. The van der Waals surface area contributed by atoms with Crippen molar-refractivity contribution in [3.8, 4) is 0 Å². The summed E-state index contributed by atoms with van der Waals surface area (Å²) >= 11 is 0. The molecule has 36 heavy (non-hydrogen) atoms. The van der Waals surface area contributed by atoms with Crippen molar-refractivity contribution in [3.63, 3.8) is 0 Å². The van der Waals surface area contributed by atoms with E-state index < -0.39 is 37.8 Å². The zero-order valence-electron chi connectivity index (χ0n) is 22.4. The summed E-state index contributed by atoms with van der Waals surface area (Å²) in [4.78, 5) is 52.5. The summed E-state index contributed by atoms with van der Waals surface area (Å²) in [6, 6.07) is -0.627. The molecule has 0 heterocycles. The summed E-state index contributed by atoms with van der Waals surface area (Å²) in [7, 11) is 0.615. The number of hydrogen-bond donors (Lipinski definition) is 4. The number of rotatable bonds is 15. The Morgan fingerprint density at radius 2 is 1.67 bits per heavy atom. The monoisotopic (exact) mass is 533 g/mol. The van der Waals surface area contributed by atoms with Gasteiger partial charge in [0.05, 0.1) is 20.7 Å². The first-order chi connectivity index (χ1) is 16.3. The first-order valence-corrected chi connectivity index (χ1v) is 14.1. The molecule has 0 bridgehead atoms. The summed E-state index contributed by atoms with van der Waals surface area (Å²) in [6.07, 6.45) is 2.28. The Balaban J connectivity index is 0. The van der Waals surface area contributed by atoms with Crippen LogP contribution in [0.2, 0.25) is 0 Å². The van der Waals surface area contributed by atoms with Gasteiger partial charge in [0.15, 0.2) is 0 Å². The van der Waals surface area contributed by atoms with E-state index in [1.807, 2.05) is 34.6 Å². The van der Waals surface area contributed by atoms with E-state index in [9.17, 15) is 19.2 Å². The second-order valence-corrected chi connectivity index (χ2v) is 11.1. The quantitative estimate of drug-likeness (QED) is 0.144. The highest BCUT2D eigenvalue weighted by molar-refractivity contribution is 7.51. The number of amides is 3. The minimum atomic E-state index is -0.861. The summed E-state index contributed by atoms with van der Waals surface area (Å²) in [5.74, 6) is -1.29. The third-order valence-corrected chi connectivity index (χ3v) is 5.00. The van der Waals surface area contributed by atoms with Gasteiger partial charge in [-0.2, -0.15) is 0 Å². The van der Waals surface area contributed by atoms with E-state index in [0.717, 1.165) is 19.3 Å². The fourth-order valence-electron chi connectivity index (χ4n) is 3.02. The molecule has 3 amide bonds. The number of alkyl carbamates (subject to hydrolysis) is 1. The first kappa shape index (κ1) is 35.9. The summed E-state index contributed by atoms with van der Waals surface area (Å²) < 4.78 is 10.3. The van der Waals surface area contributed by atoms with E-state index in [1.165, 1.54) is 7.05 Å². The largest absolute Gasteiger partial charge is 0.444 e.